The first-order chi connectivity index (χ1) is 10.0. The van der Waals surface area contributed by atoms with E-state index in [2.05, 4.69) is 5.16 Å². The van der Waals surface area contributed by atoms with Gasteiger partial charge in [-0.15, -0.1) is 0 Å². The molecule has 1 amide bonds. The van der Waals surface area contributed by atoms with Crippen LogP contribution in [0.3, 0.4) is 0 Å². The van der Waals surface area contributed by atoms with E-state index in [4.69, 9.17) is 10.9 Å². The Hall–Kier alpha value is -2.04. The lowest BCUT2D eigenvalue weighted by molar-refractivity contribution is -0.135. The Balaban J connectivity index is 2.99. The van der Waals surface area contributed by atoms with Crippen molar-refractivity contribution in [3.63, 3.8) is 0 Å². The summed E-state index contributed by atoms with van der Waals surface area (Å²) in [7, 11) is 0. The van der Waals surface area contributed by atoms with Gasteiger partial charge in [-0.25, -0.2) is 0 Å². The zero-order valence-electron chi connectivity index (χ0n) is 13.0. The molecule has 2 atom stereocenters. The molecule has 0 aliphatic carbocycles. The Kier molecular flexibility index (Phi) is 6.72. The number of rotatable bonds is 7. The summed E-state index contributed by atoms with van der Waals surface area (Å²) >= 11 is 0. The Morgan fingerprint density at radius 2 is 1.95 bits per heavy atom. The second kappa shape index (κ2) is 8.29. The van der Waals surface area contributed by atoms with Crippen LogP contribution < -0.4 is 5.73 Å². The van der Waals surface area contributed by atoms with Gasteiger partial charge in [-0.05, 0) is 32.3 Å². The lowest BCUT2D eigenvalue weighted by Crippen LogP contribution is -2.46. The molecule has 0 saturated carbocycles. The molecule has 0 saturated heterocycles. The molecule has 116 valence electrons. The van der Waals surface area contributed by atoms with Crippen molar-refractivity contribution < 1.29 is 10.0 Å². The molecule has 3 N–H and O–H groups in total. The minimum atomic E-state index is -0.633. The summed E-state index contributed by atoms with van der Waals surface area (Å²) in [4.78, 5) is 14.5. The van der Waals surface area contributed by atoms with Crippen molar-refractivity contribution in [2.75, 3.05) is 6.54 Å². The number of carbonyl (C=O) groups is 1. The maximum absolute atomic E-state index is 12.7. The summed E-state index contributed by atoms with van der Waals surface area (Å²) in [5.41, 5.74) is 6.74. The van der Waals surface area contributed by atoms with Gasteiger partial charge in [0.1, 0.15) is 5.92 Å². The third kappa shape index (κ3) is 4.48. The molecule has 0 aliphatic rings. The van der Waals surface area contributed by atoms with Crippen molar-refractivity contribution >= 4 is 11.7 Å². The zero-order valence-corrected chi connectivity index (χ0v) is 13.0. The van der Waals surface area contributed by atoms with Gasteiger partial charge in [0.15, 0.2) is 5.84 Å². The average molecular weight is 291 g/mol. The number of hydrogen-bond donors (Lipinski definition) is 2. The van der Waals surface area contributed by atoms with Crippen LogP contribution in [-0.2, 0) is 11.2 Å². The highest BCUT2D eigenvalue weighted by molar-refractivity contribution is 6.02. The van der Waals surface area contributed by atoms with Gasteiger partial charge in [0, 0.05) is 12.6 Å². The van der Waals surface area contributed by atoms with Gasteiger partial charge in [0.2, 0.25) is 5.91 Å². The normalized spacial score (nSPS) is 14.5. The number of hydrogen-bond acceptors (Lipinski definition) is 3. The predicted molar refractivity (Wildman–Crippen MR) is 84.2 cm³/mol. The highest BCUT2D eigenvalue weighted by Crippen LogP contribution is 2.15. The Bertz CT molecular complexity index is 474. The molecule has 0 aliphatic heterocycles. The van der Waals surface area contributed by atoms with Crippen LogP contribution in [0.15, 0.2) is 35.5 Å². The molecular formula is C16H25N3O2. The minimum absolute atomic E-state index is 0.0365. The van der Waals surface area contributed by atoms with Crippen LogP contribution in [0.5, 0.6) is 0 Å². The fraction of sp³-hybridized carbons (Fsp3) is 0.500. The monoisotopic (exact) mass is 291 g/mol. The van der Waals surface area contributed by atoms with Crippen LogP contribution in [0, 0.1) is 5.92 Å². The predicted octanol–water partition coefficient (Wildman–Crippen LogP) is 2.24. The van der Waals surface area contributed by atoms with E-state index < -0.39 is 5.92 Å². The van der Waals surface area contributed by atoms with Crippen molar-refractivity contribution in [2.45, 2.75) is 39.7 Å². The van der Waals surface area contributed by atoms with E-state index in [-0.39, 0.29) is 17.8 Å². The van der Waals surface area contributed by atoms with E-state index in [1.165, 1.54) is 0 Å². The van der Waals surface area contributed by atoms with Crippen molar-refractivity contribution in [1.29, 1.82) is 0 Å². The topological polar surface area (TPSA) is 78.9 Å². The number of benzene rings is 1. The van der Waals surface area contributed by atoms with Gasteiger partial charge >= 0.3 is 0 Å². The van der Waals surface area contributed by atoms with Crippen LogP contribution in [0.2, 0.25) is 0 Å². The molecule has 0 aromatic heterocycles. The maximum atomic E-state index is 12.7. The smallest absolute Gasteiger partial charge is 0.233 e. The highest BCUT2D eigenvalue weighted by atomic mass is 16.4. The van der Waals surface area contributed by atoms with Crippen molar-refractivity contribution in [3.05, 3.63) is 35.9 Å². The Morgan fingerprint density at radius 1 is 1.33 bits per heavy atom. The van der Waals surface area contributed by atoms with E-state index in [1.807, 2.05) is 51.1 Å². The number of carbonyl (C=O) groups excluding carboxylic acids is 1. The number of oxime groups is 1. The lowest BCUT2D eigenvalue weighted by atomic mass is 9.96. The second-order valence-electron chi connectivity index (χ2n) is 5.15. The quantitative estimate of drug-likeness (QED) is 0.350. The number of amidine groups is 1. The summed E-state index contributed by atoms with van der Waals surface area (Å²) in [6.45, 7) is 6.59. The van der Waals surface area contributed by atoms with E-state index >= 15 is 0 Å². The average Bonchev–Trinajstić information content (AvgIpc) is 2.53. The van der Waals surface area contributed by atoms with Gasteiger partial charge in [-0.3, -0.25) is 4.79 Å². The molecular weight excluding hydrogens is 266 g/mol. The molecule has 0 fully saturated rings. The first-order valence-electron chi connectivity index (χ1n) is 7.36. The molecule has 5 nitrogen and oxygen atoms in total. The highest BCUT2D eigenvalue weighted by Gasteiger charge is 2.29. The zero-order chi connectivity index (χ0) is 15.8. The molecule has 0 heterocycles. The van der Waals surface area contributed by atoms with Crippen LogP contribution in [-0.4, -0.2) is 34.4 Å². The van der Waals surface area contributed by atoms with Gasteiger partial charge in [-0.1, -0.05) is 42.4 Å². The molecule has 0 radical (unpaired) electrons. The SMILES string of the molecule is CCC(C)N(CC)C(=O)C(Cc1ccccc1)C(N)=NO. The van der Waals surface area contributed by atoms with Crippen molar-refractivity contribution in [3.8, 4) is 0 Å². The first kappa shape index (κ1) is 17.0. The molecule has 5 heteroatoms. The van der Waals surface area contributed by atoms with Crippen molar-refractivity contribution in [2.24, 2.45) is 16.8 Å². The summed E-state index contributed by atoms with van der Waals surface area (Å²) in [5, 5.41) is 12.0. The van der Waals surface area contributed by atoms with Crippen LogP contribution in [0.4, 0.5) is 0 Å². The van der Waals surface area contributed by atoms with Crippen LogP contribution in [0.1, 0.15) is 32.8 Å². The largest absolute Gasteiger partial charge is 0.409 e. The van der Waals surface area contributed by atoms with Crippen molar-refractivity contribution in [1.82, 2.24) is 4.90 Å². The molecule has 1 aromatic rings. The fourth-order valence-electron chi connectivity index (χ4n) is 2.34. The Labute approximate surface area is 126 Å². The van der Waals surface area contributed by atoms with Gasteiger partial charge in [0.25, 0.3) is 0 Å². The summed E-state index contributed by atoms with van der Waals surface area (Å²) in [6, 6.07) is 9.74. The van der Waals surface area contributed by atoms with Crippen LogP contribution >= 0.6 is 0 Å². The second-order valence-corrected chi connectivity index (χ2v) is 5.15. The van der Waals surface area contributed by atoms with E-state index in [9.17, 15) is 4.79 Å². The van der Waals surface area contributed by atoms with E-state index in [0.29, 0.717) is 13.0 Å². The molecule has 1 rings (SSSR count). The lowest BCUT2D eigenvalue weighted by Gasteiger charge is -2.30. The summed E-state index contributed by atoms with van der Waals surface area (Å²) in [5.74, 6) is -0.761. The van der Waals surface area contributed by atoms with Gasteiger partial charge in [0.05, 0.1) is 0 Å². The standard InChI is InChI=1S/C16H25N3O2/c1-4-12(3)19(5-2)16(20)14(15(17)18-21)11-13-9-7-6-8-10-13/h6-10,12,14,21H,4-5,11H2,1-3H3,(H2,17,18). The first-order valence-corrected chi connectivity index (χ1v) is 7.36. The minimum Gasteiger partial charge on any atom is -0.409 e. The van der Waals surface area contributed by atoms with Crippen LogP contribution in [0.25, 0.3) is 0 Å². The van der Waals surface area contributed by atoms with E-state index in [0.717, 1.165) is 12.0 Å². The van der Waals surface area contributed by atoms with E-state index in [1.54, 1.807) is 4.90 Å². The number of nitrogens with two attached hydrogens (primary N) is 1. The fourth-order valence-corrected chi connectivity index (χ4v) is 2.34. The molecule has 0 spiro atoms. The maximum Gasteiger partial charge on any atom is 0.233 e. The van der Waals surface area contributed by atoms with Gasteiger partial charge in [-0.2, -0.15) is 0 Å². The summed E-state index contributed by atoms with van der Waals surface area (Å²) < 4.78 is 0. The third-order valence-electron chi connectivity index (χ3n) is 3.80. The molecule has 21 heavy (non-hydrogen) atoms. The molecule has 2 unspecified atom stereocenters. The Morgan fingerprint density at radius 3 is 2.43 bits per heavy atom. The summed E-state index contributed by atoms with van der Waals surface area (Å²) in [6.07, 6.45) is 1.30. The molecule has 0 bridgehead atoms. The number of amides is 1. The number of nitrogens with zero attached hydrogens (tertiary/aromatic N) is 2. The van der Waals surface area contributed by atoms with Gasteiger partial charge < -0.3 is 15.8 Å². The molecule has 1 aromatic carbocycles. The third-order valence-corrected chi connectivity index (χ3v) is 3.80.